The van der Waals surface area contributed by atoms with Crippen LogP contribution in [-0.4, -0.2) is 49.4 Å². The number of hydrogen-bond acceptors (Lipinski definition) is 4. The maximum absolute atomic E-state index is 12.3. The predicted octanol–water partition coefficient (Wildman–Crippen LogP) is 3.24. The molecule has 2 heterocycles. The van der Waals surface area contributed by atoms with Gasteiger partial charge in [-0.2, -0.15) is 0 Å². The number of hydrogen-bond donors (Lipinski definition) is 1. The summed E-state index contributed by atoms with van der Waals surface area (Å²) >= 11 is 10.7. The first-order chi connectivity index (χ1) is 12.0. The van der Waals surface area contributed by atoms with Gasteiger partial charge < -0.3 is 15.1 Å². The summed E-state index contributed by atoms with van der Waals surface area (Å²) in [5.74, 6) is -0.292. The van der Waals surface area contributed by atoms with E-state index < -0.39 is 0 Å². The molecule has 1 fully saturated rings. The smallest absolute Gasteiger partial charge is 0.262 e. The number of rotatable bonds is 4. The van der Waals surface area contributed by atoms with E-state index in [1.165, 1.54) is 11.3 Å². The molecular weight excluding hydrogens is 426 g/mol. The average Bonchev–Trinajstić information content (AvgIpc) is 3.05. The number of carbonyl (C=O) groups excluding carboxylic acids is 2. The van der Waals surface area contributed by atoms with Crippen LogP contribution >= 0.6 is 38.9 Å². The first-order valence-electron chi connectivity index (χ1n) is 7.84. The van der Waals surface area contributed by atoms with Gasteiger partial charge in [0, 0.05) is 41.4 Å². The largest absolute Gasteiger partial charge is 0.368 e. The van der Waals surface area contributed by atoms with Crippen LogP contribution in [0.5, 0.6) is 0 Å². The highest BCUT2D eigenvalue weighted by molar-refractivity contribution is 9.10. The molecule has 1 N–H and O–H groups in total. The maximum atomic E-state index is 12.3. The average molecular weight is 443 g/mol. The number of nitrogens with one attached hydrogen (secondary N) is 1. The molecule has 1 aliphatic rings. The van der Waals surface area contributed by atoms with Crippen molar-refractivity contribution in [1.82, 2.24) is 10.2 Å². The Bertz CT molecular complexity index is 775. The minimum Gasteiger partial charge on any atom is -0.368 e. The molecule has 0 bridgehead atoms. The van der Waals surface area contributed by atoms with E-state index in [0.29, 0.717) is 23.0 Å². The van der Waals surface area contributed by atoms with Crippen LogP contribution in [0.2, 0.25) is 5.02 Å². The molecule has 1 aromatic heterocycles. The molecule has 3 rings (SSSR count). The number of piperazine rings is 1. The zero-order valence-corrected chi connectivity index (χ0v) is 16.5. The molecule has 1 aliphatic heterocycles. The Morgan fingerprint density at radius 1 is 1.20 bits per heavy atom. The molecule has 1 aromatic carbocycles. The standard InChI is InChI=1S/C17H17BrClN3O2S/c18-14-4-9-25-16(14)17(24)20-11-15(23)22-7-5-21(6-8-22)13-3-1-2-12(19)10-13/h1-4,9-10H,5-8,11H2,(H,20,24). The van der Waals surface area contributed by atoms with Crippen molar-refractivity contribution in [2.24, 2.45) is 0 Å². The van der Waals surface area contributed by atoms with E-state index in [0.717, 1.165) is 23.2 Å². The zero-order valence-electron chi connectivity index (χ0n) is 13.4. The summed E-state index contributed by atoms with van der Waals surface area (Å²) < 4.78 is 0.748. The second kappa shape index (κ2) is 8.21. The Labute approximate surface area is 163 Å². The molecule has 0 unspecified atom stereocenters. The quantitative estimate of drug-likeness (QED) is 0.791. The van der Waals surface area contributed by atoms with Gasteiger partial charge in [0.15, 0.2) is 0 Å². The Morgan fingerprint density at radius 3 is 2.60 bits per heavy atom. The van der Waals surface area contributed by atoms with Crippen molar-refractivity contribution in [3.63, 3.8) is 0 Å². The van der Waals surface area contributed by atoms with E-state index in [9.17, 15) is 9.59 Å². The number of anilines is 1. The Kier molecular flexibility index (Phi) is 5.98. The third kappa shape index (κ3) is 4.54. The topological polar surface area (TPSA) is 52.7 Å². The zero-order chi connectivity index (χ0) is 17.8. The van der Waals surface area contributed by atoms with Crippen LogP contribution in [0.4, 0.5) is 5.69 Å². The van der Waals surface area contributed by atoms with Crippen LogP contribution in [0.1, 0.15) is 9.67 Å². The third-order valence-corrected chi connectivity index (χ3v) is 6.10. The third-order valence-electron chi connectivity index (χ3n) is 4.03. The SMILES string of the molecule is O=C(NCC(=O)N1CCN(c2cccc(Cl)c2)CC1)c1sccc1Br. The summed E-state index contributed by atoms with van der Waals surface area (Å²) in [6.45, 7) is 2.77. The van der Waals surface area contributed by atoms with Gasteiger partial charge in [-0.25, -0.2) is 0 Å². The highest BCUT2D eigenvalue weighted by Crippen LogP contribution is 2.22. The lowest BCUT2D eigenvalue weighted by atomic mass is 10.2. The van der Waals surface area contributed by atoms with Crippen molar-refractivity contribution >= 4 is 56.4 Å². The van der Waals surface area contributed by atoms with Crippen molar-refractivity contribution in [2.45, 2.75) is 0 Å². The highest BCUT2D eigenvalue weighted by Gasteiger charge is 2.22. The van der Waals surface area contributed by atoms with Crippen LogP contribution in [0.15, 0.2) is 40.2 Å². The van der Waals surface area contributed by atoms with Gasteiger partial charge in [0.1, 0.15) is 4.88 Å². The minimum atomic E-state index is -0.229. The summed E-state index contributed by atoms with van der Waals surface area (Å²) in [6.07, 6.45) is 0. The molecule has 132 valence electrons. The van der Waals surface area contributed by atoms with E-state index in [1.807, 2.05) is 35.7 Å². The summed E-state index contributed by atoms with van der Waals surface area (Å²) in [6, 6.07) is 9.53. The van der Waals surface area contributed by atoms with Crippen LogP contribution < -0.4 is 10.2 Å². The van der Waals surface area contributed by atoms with E-state index in [4.69, 9.17) is 11.6 Å². The minimum absolute atomic E-state index is 0.0142. The second-order valence-corrected chi connectivity index (χ2v) is 7.83. The molecule has 25 heavy (non-hydrogen) atoms. The predicted molar refractivity (Wildman–Crippen MR) is 105 cm³/mol. The first-order valence-corrected chi connectivity index (χ1v) is 9.89. The molecular formula is C17H17BrClN3O2S. The molecule has 2 amide bonds. The summed E-state index contributed by atoms with van der Waals surface area (Å²) in [5, 5.41) is 5.23. The molecule has 0 spiro atoms. The van der Waals surface area contributed by atoms with E-state index in [-0.39, 0.29) is 18.4 Å². The van der Waals surface area contributed by atoms with Crippen molar-refractivity contribution in [2.75, 3.05) is 37.6 Å². The lowest BCUT2D eigenvalue weighted by Crippen LogP contribution is -2.51. The van der Waals surface area contributed by atoms with E-state index >= 15 is 0 Å². The van der Waals surface area contributed by atoms with Crippen LogP contribution in [0, 0.1) is 0 Å². The highest BCUT2D eigenvalue weighted by atomic mass is 79.9. The van der Waals surface area contributed by atoms with Crippen LogP contribution in [0.25, 0.3) is 0 Å². The normalized spacial score (nSPS) is 14.5. The fourth-order valence-electron chi connectivity index (χ4n) is 2.69. The molecule has 1 saturated heterocycles. The van der Waals surface area contributed by atoms with Gasteiger partial charge in [-0.1, -0.05) is 17.7 Å². The number of amides is 2. The summed E-state index contributed by atoms with van der Waals surface area (Å²) in [7, 11) is 0. The van der Waals surface area contributed by atoms with E-state index in [1.54, 1.807) is 4.90 Å². The maximum Gasteiger partial charge on any atom is 0.262 e. The van der Waals surface area contributed by atoms with Gasteiger partial charge >= 0.3 is 0 Å². The number of halogens is 2. The van der Waals surface area contributed by atoms with Gasteiger partial charge in [-0.15, -0.1) is 11.3 Å². The molecule has 0 saturated carbocycles. The Morgan fingerprint density at radius 2 is 1.96 bits per heavy atom. The van der Waals surface area contributed by atoms with Gasteiger partial charge in [0.05, 0.1) is 6.54 Å². The van der Waals surface area contributed by atoms with Gasteiger partial charge in [-0.3, -0.25) is 9.59 Å². The first kappa shape index (κ1) is 18.2. The van der Waals surface area contributed by atoms with Crippen molar-refractivity contribution < 1.29 is 9.59 Å². The Balaban J connectivity index is 1.48. The number of thiophene rings is 1. The van der Waals surface area contributed by atoms with Gasteiger partial charge in [0.2, 0.25) is 5.91 Å². The fourth-order valence-corrected chi connectivity index (χ4v) is 4.34. The van der Waals surface area contributed by atoms with Crippen molar-refractivity contribution in [1.29, 1.82) is 0 Å². The Hall–Kier alpha value is -1.57. The monoisotopic (exact) mass is 441 g/mol. The van der Waals surface area contributed by atoms with Crippen molar-refractivity contribution in [3.05, 3.63) is 50.1 Å². The number of nitrogens with zero attached hydrogens (tertiary/aromatic N) is 2. The number of carbonyl (C=O) groups is 2. The molecule has 8 heteroatoms. The second-order valence-electron chi connectivity index (χ2n) is 5.63. The summed E-state index contributed by atoms with van der Waals surface area (Å²) in [5.41, 5.74) is 1.07. The molecule has 0 aliphatic carbocycles. The molecule has 0 radical (unpaired) electrons. The fraction of sp³-hybridized carbons (Fsp3) is 0.294. The summed E-state index contributed by atoms with van der Waals surface area (Å²) in [4.78, 5) is 28.9. The van der Waals surface area contributed by atoms with Gasteiger partial charge in [0.25, 0.3) is 5.91 Å². The lowest BCUT2D eigenvalue weighted by molar-refractivity contribution is -0.130. The lowest BCUT2D eigenvalue weighted by Gasteiger charge is -2.36. The molecule has 2 aromatic rings. The molecule has 0 atom stereocenters. The van der Waals surface area contributed by atoms with Gasteiger partial charge in [-0.05, 0) is 45.6 Å². The van der Waals surface area contributed by atoms with Crippen LogP contribution in [-0.2, 0) is 4.79 Å². The number of benzene rings is 1. The van der Waals surface area contributed by atoms with Crippen LogP contribution in [0.3, 0.4) is 0 Å². The van der Waals surface area contributed by atoms with Crippen molar-refractivity contribution in [3.8, 4) is 0 Å². The van der Waals surface area contributed by atoms with E-state index in [2.05, 4.69) is 26.1 Å². The molecule has 5 nitrogen and oxygen atoms in total.